The molecule has 0 amide bonds. The number of benzene rings is 1. The number of hydrogen-bond donors (Lipinski definition) is 1. The fourth-order valence-electron chi connectivity index (χ4n) is 1.35. The molecule has 82 valence electrons. The molecule has 0 radical (unpaired) electrons. The van der Waals surface area contributed by atoms with Gasteiger partial charge in [-0.1, -0.05) is 6.07 Å². The number of hydrogen-bond acceptors (Lipinski definition) is 2. The first-order valence-corrected chi connectivity index (χ1v) is 4.65. The second-order valence-corrected chi connectivity index (χ2v) is 3.13. The zero-order valence-corrected chi connectivity index (χ0v) is 8.50. The van der Waals surface area contributed by atoms with Crippen LogP contribution in [0.2, 0.25) is 0 Å². The number of carbonyl (C=O) groups is 1. The summed E-state index contributed by atoms with van der Waals surface area (Å²) in [6, 6.07) is 4.87. The first-order valence-electron chi connectivity index (χ1n) is 4.65. The predicted molar refractivity (Wildman–Crippen MR) is 54.2 cm³/mol. The van der Waals surface area contributed by atoms with Gasteiger partial charge in [-0.25, -0.2) is 4.79 Å². The molecule has 0 spiro atoms. The molecule has 1 rings (SSSR count). The minimum atomic E-state index is -1.03. The molecule has 0 heterocycles. The summed E-state index contributed by atoms with van der Waals surface area (Å²) in [5, 5.41) is 8.89. The maximum absolute atomic E-state index is 11.9. The van der Waals surface area contributed by atoms with E-state index in [-0.39, 0.29) is 5.56 Å². The number of halogens is 1. The van der Waals surface area contributed by atoms with Crippen molar-refractivity contribution in [3.63, 3.8) is 0 Å². The molecular formula is C11H13FO3. The maximum atomic E-state index is 11.9. The van der Waals surface area contributed by atoms with Crippen LogP contribution in [0, 0.1) is 0 Å². The third-order valence-corrected chi connectivity index (χ3v) is 2.09. The van der Waals surface area contributed by atoms with Crippen molar-refractivity contribution in [2.75, 3.05) is 13.8 Å². The van der Waals surface area contributed by atoms with E-state index < -0.39 is 12.6 Å². The molecule has 0 bridgehead atoms. The summed E-state index contributed by atoms with van der Waals surface area (Å²) in [5.41, 5.74) is 0.930. The Labute approximate surface area is 87.5 Å². The fraction of sp³-hybridized carbons (Fsp3) is 0.364. The quantitative estimate of drug-likeness (QED) is 0.814. The second-order valence-electron chi connectivity index (χ2n) is 3.13. The van der Waals surface area contributed by atoms with Crippen LogP contribution in [0.1, 0.15) is 22.3 Å². The molecule has 4 heteroatoms. The molecule has 0 aliphatic rings. The summed E-state index contributed by atoms with van der Waals surface area (Å²) in [6.07, 6.45) is 0.951. The van der Waals surface area contributed by atoms with Crippen LogP contribution in [-0.2, 0) is 6.42 Å². The molecule has 1 aromatic rings. The van der Waals surface area contributed by atoms with Crippen molar-refractivity contribution in [2.45, 2.75) is 12.8 Å². The van der Waals surface area contributed by atoms with Crippen LogP contribution in [0.15, 0.2) is 18.2 Å². The highest BCUT2D eigenvalue weighted by Gasteiger charge is 2.11. The van der Waals surface area contributed by atoms with Gasteiger partial charge < -0.3 is 9.84 Å². The number of aryl methyl sites for hydroxylation is 1. The number of carboxylic acids is 1. The first-order chi connectivity index (χ1) is 7.19. The fourth-order valence-corrected chi connectivity index (χ4v) is 1.35. The van der Waals surface area contributed by atoms with Crippen LogP contribution in [-0.4, -0.2) is 24.9 Å². The Balaban J connectivity index is 2.94. The zero-order chi connectivity index (χ0) is 11.3. The molecular weight excluding hydrogens is 199 g/mol. The van der Waals surface area contributed by atoms with E-state index in [0.29, 0.717) is 18.6 Å². The van der Waals surface area contributed by atoms with Gasteiger partial charge in [-0.15, -0.1) is 0 Å². The first kappa shape index (κ1) is 11.5. The van der Waals surface area contributed by atoms with E-state index in [9.17, 15) is 9.18 Å². The van der Waals surface area contributed by atoms with Crippen molar-refractivity contribution in [3.05, 3.63) is 29.3 Å². The van der Waals surface area contributed by atoms with Crippen LogP contribution >= 0.6 is 0 Å². The smallest absolute Gasteiger partial charge is 0.339 e. The molecule has 0 saturated heterocycles. The van der Waals surface area contributed by atoms with Crippen LogP contribution in [0.25, 0.3) is 0 Å². The minimum Gasteiger partial charge on any atom is -0.496 e. The van der Waals surface area contributed by atoms with Gasteiger partial charge >= 0.3 is 5.97 Å². The lowest BCUT2D eigenvalue weighted by molar-refractivity contribution is 0.0693. The number of methoxy groups -OCH3 is 1. The Morgan fingerprint density at radius 3 is 2.80 bits per heavy atom. The summed E-state index contributed by atoms with van der Waals surface area (Å²) in [6.45, 7) is -0.394. The standard InChI is InChI=1S/C11H13FO3/c1-15-10-5-4-8(3-2-6-12)7-9(10)11(13)14/h4-5,7H,2-3,6H2,1H3,(H,13,14). The maximum Gasteiger partial charge on any atom is 0.339 e. The molecule has 0 aromatic heterocycles. The lowest BCUT2D eigenvalue weighted by atomic mass is 10.1. The van der Waals surface area contributed by atoms with Crippen molar-refractivity contribution in [2.24, 2.45) is 0 Å². The molecule has 0 saturated carbocycles. The van der Waals surface area contributed by atoms with Gasteiger partial charge in [0.25, 0.3) is 0 Å². The number of carboxylic acid groups (broad SMARTS) is 1. The van der Waals surface area contributed by atoms with Gasteiger partial charge in [-0.2, -0.15) is 0 Å². The Morgan fingerprint density at radius 2 is 2.27 bits per heavy atom. The molecule has 1 N–H and O–H groups in total. The average molecular weight is 212 g/mol. The largest absolute Gasteiger partial charge is 0.496 e. The normalized spacial score (nSPS) is 10.0. The van der Waals surface area contributed by atoms with Crippen molar-refractivity contribution >= 4 is 5.97 Å². The van der Waals surface area contributed by atoms with Crippen LogP contribution in [0.4, 0.5) is 4.39 Å². The minimum absolute atomic E-state index is 0.119. The number of ether oxygens (including phenoxy) is 1. The van der Waals surface area contributed by atoms with E-state index in [1.54, 1.807) is 12.1 Å². The van der Waals surface area contributed by atoms with Gasteiger partial charge in [-0.3, -0.25) is 4.39 Å². The van der Waals surface area contributed by atoms with E-state index in [0.717, 1.165) is 5.56 Å². The average Bonchev–Trinajstić information content (AvgIpc) is 2.25. The van der Waals surface area contributed by atoms with Crippen molar-refractivity contribution in [1.82, 2.24) is 0 Å². The second kappa shape index (κ2) is 5.34. The summed E-state index contributed by atoms with van der Waals surface area (Å²) in [4.78, 5) is 10.9. The third kappa shape index (κ3) is 2.94. The van der Waals surface area contributed by atoms with Crippen LogP contribution in [0.3, 0.4) is 0 Å². The Morgan fingerprint density at radius 1 is 1.53 bits per heavy atom. The predicted octanol–water partition coefficient (Wildman–Crippen LogP) is 2.30. The Bertz CT molecular complexity index is 350. The molecule has 0 atom stereocenters. The van der Waals surface area contributed by atoms with Gasteiger partial charge in [-0.05, 0) is 30.5 Å². The van der Waals surface area contributed by atoms with Gasteiger partial charge in [0.05, 0.1) is 13.8 Å². The zero-order valence-electron chi connectivity index (χ0n) is 8.50. The van der Waals surface area contributed by atoms with Crippen molar-refractivity contribution in [3.8, 4) is 5.75 Å². The topological polar surface area (TPSA) is 46.5 Å². The summed E-state index contributed by atoms with van der Waals surface area (Å²) >= 11 is 0. The molecule has 1 aromatic carbocycles. The lowest BCUT2D eigenvalue weighted by Gasteiger charge is -2.06. The number of alkyl halides is 1. The molecule has 0 aliphatic heterocycles. The summed E-state index contributed by atoms with van der Waals surface area (Å²) < 4.78 is 16.9. The molecule has 0 aliphatic carbocycles. The third-order valence-electron chi connectivity index (χ3n) is 2.09. The lowest BCUT2D eigenvalue weighted by Crippen LogP contribution is -2.01. The SMILES string of the molecule is COc1ccc(CCCF)cc1C(=O)O. The van der Waals surface area contributed by atoms with Gasteiger partial charge in [0.2, 0.25) is 0 Å². The van der Waals surface area contributed by atoms with E-state index >= 15 is 0 Å². The van der Waals surface area contributed by atoms with Gasteiger partial charge in [0.1, 0.15) is 11.3 Å². The highest BCUT2D eigenvalue weighted by atomic mass is 19.1. The number of aromatic carboxylic acids is 1. The highest BCUT2D eigenvalue weighted by molar-refractivity contribution is 5.91. The van der Waals surface area contributed by atoms with E-state index in [1.165, 1.54) is 13.2 Å². The van der Waals surface area contributed by atoms with Crippen LogP contribution < -0.4 is 4.74 Å². The van der Waals surface area contributed by atoms with Crippen LogP contribution in [0.5, 0.6) is 5.75 Å². The summed E-state index contributed by atoms with van der Waals surface area (Å²) in [5.74, 6) is -0.708. The Kier molecular flexibility index (Phi) is 4.09. The molecule has 0 unspecified atom stereocenters. The van der Waals surface area contributed by atoms with E-state index in [1.807, 2.05) is 0 Å². The van der Waals surface area contributed by atoms with Gasteiger partial charge in [0.15, 0.2) is 0 Å². The summed E-state index contributed by atoms with van der Waals surface area (Å²) in [7, 11) is 1.42. The molecule has 15 heavy (non-hydrogen) atoms. The van der Waals surface area contributed by atoms with E-state index in [2.05, 4.69) is 0 Å². The molecule has 0 fully saturated rings. The van der Waals surface area contributed by atoms with Crippen molar-refractivity contribution in [1.29, 1.82) is 0 Å². The monoisotopic (exact) mass is 212 g/mol. The van der Waals surface area contributed by atoms with E-state index in [4.69, 9.17) is 9.84 Å². The van der Waals surface area contributed by atoms with Crippen molar-refractivity contribution < 1.29 is 19.0 Å². The number of rotatable bonds is 5. The Hall–Kier alpha value is -1.58. The highest BCUT2D eigenvalue weighted by Crippen LogP contribution is 2.20. The molecule has 3 nitrogen and oxygen atoms in total. The van der Waals surface area contributed by atoms with Gasteiger partial charge in [0, 0.05) is 0 Å².